The summed E-state index contributed by atoms with van der Waals surface area (Å²) in [6, 6.07) is 3.98. The maximum Gasteiger partial charge on any atom is 0.212 e. The van der Waals surface area contributed by atoms with E-state index in [1.807, 2.05) is 30.2 Å². The van der Waals surface area contributed by atoms with Gasteiger partial charge in [0, 0.05) is 50.6 Å². The van der Waals surface area contributed by atoms with E-state index in [-0.39, 0.29) is 6.10 Å². The Kier molecular flexibility index (Phi) is 6.04. The molecule has 1 saturated heterocycles. The van der Waals surface area contributed by atoms with Gasteiger partial charge in [0.25, 0.3) is 0 Å². The number of hydrogen-bond donors (Lipinski definition) is 0. The predicted molar refractivity (Wildman–Crippen MR) is 96.5 cm³/mol. The highest BCUT2D eigenvalue weighted by atomic mass is 16.5. The summed E-state index contributed by atoms with van der Waals surface area (Å²) in [7, 11) is 3.59. The zero-order chi connectivity index (χ0) is 17.6. The number of nitrogens with zero attached hydrogens (tertiary/aromatic N) is 4. The van der Waals surface area contributed by atoms with Gasteiger partial charge in [-0.3, -0.25) is 9.58 Å². The third kappa shape index (κ3) is 5.03. The van der Waals surface area contributed by atoms with Gasteiger partial charge in [0.05, 0.1) is 25.5 Å². The summed E-state index contributed by atoms with van der Waals surface area (Å²) in [5.74, 6) is 0.656. The lowest BCUT2D eigenvalue weighted by atomic mass is 10.1. The van der Waals surface area contributed by atoms with Gasteiger partial charge in [-0.15, -0.1) is 0 Å². The summed E-state index contributed by atoms with van der Waals surface area (Å²) >= 11 is 0. The Hall–Kier alpha value is -1.92. The Morgan fingerprint density at radius 1 is 1.24 bits per heavy atom. The molecule has 0 radical (unpaired) electrons. The van der Waals surface area contributed by atoms with E-state index < -0.39 is 0 Å². The molecule has 25 heavy (non-hydrogen) atoms. The van der Waals surface area contributed by atoms with Gasteiger partial charge in [0.15, 0.2) is 0 Å². The molecular weight excluding hydrogens is 316 g/mol. The van der Waals surface area contributed by atoms with Gasteiger partial charge in [0.2, 0.25) is 5.88 Å². The number of aromatic nitrogens is 3. The van der Waals surface area contributed by atoms with Gasteiger partial charge in [-0.1, -0.05) is 13.0 Å². The van der Waals surface area contributed by atoms with E-state index in [4.69, 9.17) is 9.47 Å². The summed E-state index contributed by atoms with van der Waals surface area (Å²) < 4.78 is 13.2. The molecule has 1 aliphatic rings. The van der Waals surface area contributed by atoms with Crippen LogP contribution in [-0.4, -0.2) is 52.1 Å². The van der Waals surface area contributed by atoms with Crippen LogP contribution in [0.5, 0.6) is 5.88 Å². The van der Waals surface area contributed by atoms with Crippen LogP contribution in [0.1, 0.15) is 30.9 Å². The topological polar surface area (TPSA) is 52.4 Å². The van der Waals surface area contributed by atoms with Crippen LogP contribution >= 0.6 is 0 Å². The molecule has 0 unspecified atom stereocenters. The van der Waals surface area contributed by atoms with Gasteiger partial charge in [-0.25, -0.2) is 4.98 Å². The maximum atomic E-state index is 6.28. The number of likely N-dealkylation sites (N-methyl/N-ethyl adjacent to an activating group) is 1. The molecule has 1 aliphatic heterocycles. The second-order valence-electron chi connectivity index (χ2n) is 6.72. The first-order valence-corrected chi connectivity index (χ1v) is 9.00. The number of ether oxygens (including phenoxy) is 2. The molecule has 3 heterocycles. The lowest BCUT2D eigenvalue weighted by Crippen LogP contribution is -2.32. The molecule has 2 aromatic rings. The lowest BCUT2D eigenvalue weighted by molar-refractivity contribution is 0.0227. The number of methoxy groups -OCH3 is 1. The second-order valence-corrected chi connectivity index (χ2v) is 6.72. The Morgan fingerprint density at radius 2 is 2.08 bits per heavy atom. The van der Waals surface area contributed by atoms with Crippen LogP contribution in [0.3, 0.4) is 0 Å². The highest BCUT2D eigenvalue weighted by Gasteiger charge is 2.27. The van der Waals surface area contributed by atoms with Crippen molar-refractivity contribution in [2.75, 3.05) is 20.2 Å². The highest BCUT2D eigenvalue weighted by Crippen LogP contribution is 2.24. The first-order chi connectivity index (χ1) is 12.2. The van der Waals surface area contributed by atoms with Gasteiger partial charge < -0.3 is 9.47 Å². The first kappa shape index (κ1) is 17.9. The fourth-order valence-corrected chi connectivity index (χ4v) is 3.38. The van der Waals surface area contributed by atoms with E-state index in [1.54, 1.807) is 7.11 Å². The number of pyridine rings is 1. The fraction of sp³-hybridized carbons (Fsp3) is 0.579. The normalized spacial score (nSPS) is 20.3. The minimum Gasteiger partial charge on any atom is -0.481 e. The van der Waals surface area contributed by atoms with Gasteiger partial charge in [-0.2, -0.15) is 5.10 Å². The van der Waals surface area contributed by atoms with E-state index >= 15 is 0 Å². The number of hydrogen-bond acceptors (Lipinski definition) is 5. The van der Waals surface area contributed by atoms with Crippen LogP contribution in [0.4, 0.5) is 0 Å². The third-order valence-electron chi connectivity index (χ3n) is 4.74. The largest absolute Gasteiger partial charge is 0.481 e. The van der Waals surface area contributed by atoms with Crippen molar-refractivity contribution in [3.05, 3.63) is 41.9 Å². The average molecular weight is 344 g/mol. The van der Waals surface area contributed by atoms with Crippen LogP contribution in [-0.2, 0) is 24.8 Å². The Morgan fingerprint density at radius 3 is 2.72 bits per heavy atom. The molecule has 3 rings (SSSR count). The minimum atomic E-state index is 0.289. The first-order valence-electron chi connectivity index (χ1n) is 9.00. The van der Waals surface area contributed by atoms with Crippen molar-refractivity contribution in [1.29, 1.82) is 0 Å². The van der Waals surface area contributed by atoms with Crippen LogP contribution in [0.25, 0.3) is 0 Å². The minimum absolute atomic E-state index is 0.289. The number of rotatable bonds is 8. The van der Waals surface area contributed by atoms with Crippen molar-refractivity contribution < 1.29 is 9.47 Å². The molecule has 6 nitrogen and oxygen atoms in total. The molecule has 6 heteroatoms. The van der Waals surface area contributed by atoms with Crippen LogP contribution in [0.15, 0.2) is 30.7 Å². The van der Waals surface area contributed by atoms with Crippen molar-refractivity contribution in [3.63, 3.8) is 0 Å². The average Bonchev–Trinajstić information content (AvgIpc) is 3.24. The predicted octanol–water partition coefficient (Wildman–Crippen LogP) is 2.44. The van der Waals surface area contributed by atoms with E-state index in [0.717, 1.165) is 38.9 Å². The molecule has 0 saturated carbocycles. The zero-order valence-electron chi connectivity index (χ0n) is 15.4. The molecule has 0 bridgehead atoms. The van der Waals surface area contributed by atoms with Gasteiger partial charge in [0.1, 0.15) is 0 Å². The quantitative estimate of drug-likeness (QED) is 0.736. The Labute approximate surface area is 149 Å². The van der Waals surface area contributed by atoms with Gasteiger partial charge in [-0.05, 0) is 24.9 Å². The molecule has 0 aromatic carbocycles. The standard InChI is InChI=1S/C19H28N4O2/c1-4-23(13-16-11-21-22(2)12-16)14-18-7-6-17(25-18)9-15-5-8-19(24-3)20-10-15/h5,8,10-12,17-18H,4,6-7,9,13-14H2,1-3H3/t17-,18+/m1/s1. The summed E-state index contributed by atoms with van der Waals surface area (Å²) in [5, 5.41) is 4.25. The summed E-state index contributed by atoms with van der Waals surface area (Å²) in [5.41, 5.74) is 2.46. The van der Waals surface area contributed by atoms with Crippen molar-refractivity contribution in [3.8, 4) is 5.88 Å². The molecule has 0 N–H and O–H groups in total. The summed E-state index contributed by atoms with van der Waals surface area (Å²) in [4.78, 5) is 6.70. The van der Waals surface area contributed by atoms with Crippen molar-refractivity contribution >= 4 is 0 Å². The smallest absolute Gasteiger partial charge is 0.212 e. The molecule has 0 aliphatic carbocycles. The van der Waals surface area contributed by atoms with Crippen LogP contribution < -0.4 is 4.74 Å². The molecule has 0 amide bonds. The lowest BCUT2D eigenvalue weighted by Gasteiger charge is -2.23. The van der Waals surface area contributed by atoms with Crippen molar-refractivity contribution in [2.45, 2.75) is 44.9 Å². The van der Waals surface area contributed by atoms with Crippen molar-refractivity contribution in [1.82, 2.24) is 19.7 Å². The third-order valence-corrected chi connectivity index (χ3v) is 4.74. The van der Waals surface area contributed by atoms with E-state index in [1.165, 1.54) is 11.1 Å². The van der Waals surface area contributed by atoms with E-state index in [9.17, 15) is 0 Å². The molecule has 2 atom stereocenters. The zero-order valence-corrected chi connectivity index (χ0v) is 15.4. The fourth-order valence-electron chi connectivity index (χ4n) is 3.38. The Bertz CT molecular complexity index is 656. The van der Waals surface area contributed by atoms with Crippen LogP contribution in [0.2, 0.25) is 0 Å². The molecule has 0 spiro atoms. The second kappa shape index (κ2) is 8.45. The van der Waals surface area contributed by atoms with Gasteiger partial charge >= 0.3 is 0 Å². The maximum absolute atomic E-state index is 6.28. The molecular formula is C19H28N4O2. The molecule has 1 fully saturated rings. The summed E-state index contributed by atoms with van der Waals surface area (Å²) in [6.07, 6.45) is 9.66. The summed E-state index contributed by atoms with van der Waals surface area (Å²) in [6.45, 7) is 5.12. The van der Waals surface area contributed by atoms with E-state index in [2.05, 4.69) is 34.2 Å². The van der Waals surface area contributed by atoms with E-state index in [0.29, 0.717) is 12.0 Å². The SMILES string of the molecule is CCN(Cc1cnn(C)c1)C[C@@H]1CC[C@H](Cc2ccc(OC)nc2)O1. The van der Waals surface area contributed by atoms with Crippen molar-refractivity contribution in [2.24, 2.45) is 7.05 Å². The highest BCUT2D eigenvalue weighted by molar-refractivity contribution is 5.18. The number of aryl methyl sites for hydroxylation is 1. The molecule has 136 valence electrons. The molecule has 2 aromatic heterocycles. The van der Waals surface area contributed by atoms with Crippen LogP contribution in [0, 0.1) is 0 Å². The monoisotopic (exact) mass is 344 g/mol. The Balaban J connectivity index is 1.47.